The molecule has 1 saturated carbocycles. The number of benzene rings is 1. The summed E-state index contributed by atoms with van der Waals surface area (Å²) in [5.41, 5.74) is 10.2. The molecular formula is C23H28N6. The lowest BCUT2D eigenvalue weighted by Gasteiger charge is -2.23. The van der Waals surface area contributed by atoms with Crippen LogP contribution in [0.15, 0.2) is 41.6 Å². The molecule has 2 aliphatic rings. The van der Waals surface area contributed by atoms with E-state index in [9.17, 15) is 0 Å². The fourth-order valence-electron chi connectivity index (χ4n) is 5.30. The quantitative estimate of drug-likeness (QED) is 0.269. The first-order chi connectivity index (χ1) is 14.3. The molecule has 150 valence electrons. The zero-order valence-corrected chi connectivity index (χ0v) is 16.7. The molecule has 5 rings (SSSR count). The number of nitrogens with two attached hydrogens (primary N) is 2. The average molecular weight is 389 g/mol. The molecule has 1 fully saturated rings. The molecule has 3 aromatic rings. The summed E-state index contributed by atoms with van der Waals surface area (Å²) in [6.45, 7) is 0.990. The Bertz CT molecular complexity index is 1070. The van der Waals surface area contributed by atoms with Crippen LogP contribution in [0.1, 0.15) is 61.3 Å². The van der Waals surface area contributed by atoms with Crippen molar-refractivity contribution < 1.29 is 0 Å². The number of hydrogen-bond donors (Lipinski definition) is 3. The van der Waals surface area contributed by atoms with E-state index in [4.69, 9.17) is 16.7 Å². The van der Waals surface area contributed by atoms with Crippen LogP contribution in [0.2, 0.25) is 0 Å². The van der Waals surface area contributed by atoms with Gasteiger partial charge in [0.1, 0.15) is 0 Å². The van der Waals surface area contributed by atoms with Gasteiger partial charge in [-0.2, -0.15) is 5.10 Å². The van der Waals surface area contributed by atoms with Gasteiger partial charge >= 0.3 is 0 Å². The van der Waals surface area contributed by atoms with Crippen molar-refractivity contribution in [2.45, 2.75) is 57.4 Å². The number of fused-ring (bicyclic) bond motifs is 5. The van der Waals surface area contributed by atoms with E-state index in [1.54, 1.807) is 0 Å². The summed E-state index contributed by atoms with van der Waals surface area (Å²) in [6.07, 6.45) is 10.5. The first kappa shape index (κ1) is 18.2. The Morgan fingerprint density at radius 1 is 1.14 bits per heavy atom. The molecule has 0 spiro atoms. The van der Waals surface area contributed by atoms with Crippen molar-refractivity contribution in [3.8, 4) is 11.3 Å². The van der Waals surface area contributed by atoms with Crippen LogP contribution < -0.4 is 17.1 Å². The maximum atomic E-state index is 5.63. The predicted octanol–water partition coefficient (Wildman–Crippen LogP) is 3.78. The summed E-state index contributed by atoms with van der Waals surface area (Å²) in [7, 11) is 0. The number of hydrogen-bond acceptors (Lipinski definition) is 4. The summed E-state index contributed by atoms with van der Waals surface area (Å²) < 4.78 is 2.50. The van der Waals surface area contributed by atoms with Gasteiger partial charge in [0.25, 0.3) is 0 Å². The van der Waals surface area contributed by atoms with Crippen molar-refractivity contribution in [3.63, 3.8) is 0 Å². The van der Waals surface area contributed by atoms with Crippen LogP contribution in [0.3, 0.4) is 0 Å². The maximum absolute atomic E-state index is 5.63. The van der Waals surface area contributed by atoms with Gasteiger partial charge in [0.2, 0.25) is 0 Å². The normalized spacial score (nSPS) is 17.6. The number of hydrazone groups is 1. The van der Waals surface area contributed by atoms with Crippen molar-refractivity contribution in [1.82, 2.24) is 15.0 Å². The van der Waals surface area contributed by atoms with Crippen LogP contribution in [0.5, 0.6) is 0 Å². The number of amidine groups is 1. The Hall–Kier alpha value is -2.86. The third-order valence-electron chi connectivity index (χ3n) is 6.60. The van der Waals surface area contributed by atoms with E-state index in [2.05, 4.69) is 45.4 Å². The molecule has 0 amide bonds. The van der Waals surface area contributed by atoms with Gasteiger partial charge in [-0.05, 0) is 55.4 Å². The number of nitrogens with one attached hydrogen (secondary N) is 1. The third-order valence-corrected chi connectivity index (χ3v) is 6.60. The standard InChI is InChI=1S/C23H28N6/c24-27-23(28-25)16-10-11-18-20(14-16)29-13-5-9-19-17(8-4-12-26-19)22(29)21(18)15-6-2-1-3-7-15/h4,8,10-12,14-15H,1-3,5-7,9,13,24-25H2,(H,27,28). The number of hydrazine groups is 1. The van der Waals surface area contributed by atoms with Crippen molar-refractivity contribution in [3.05, 3.63) is 53.3 Å². The van der Waals surface area contributed by atoms with E-state index in [0.717, 1.165) is 24.9 Å². The molecule has 0 radical (unpaired) electrons. The Kier molecular flexibility index (Phi) is 4.72. The van der Waals surface area contributed by atoms with Crippen LogP contribution >= 0.6 is 0 Å². The molecule has 6 nitrogen and oxygen atoms in total. The van der Waals surface area contributed by atoms with Crippen LogP contribution in [0, 0.1) is 0 Å². The number of rotatable bonds is 2. The largest absolute Gasteiger partial charge is 0.340 e. The van der Waals surface area contributed by atoms with Gasteiger partial charge < -0.3 is 15.8 Å². The summed E-state index contributed by atoms with van der Waals surface area (Å²) in [4.78, 5) is 4.73. The molecule has 3 heterocycles. The van der Waals surface area contributed by atoms with Gasteiger partial charge in [-0.25, -0.2) is 5.84 Å². The van der Waals surface area contributed by atoms with Crippen LogP contribution in [0.4, 0.5) is 0 Å². The van der Waals surface area contributed by atoms with Gasteiger partial charge in [0.05, 0.1) is 5.69 Å². The number of aryl methyl sites for hydroxylation is 2. The van der Waals surface area contributed by atoms with Crippen LogP contribution in [0.25, 0.3) is 22.2 Å². The highest BCUT2D eigenvalue weighted by molar-refractivity contribution is 6.03. The highest BCUT2D eigenvalue weighted by atomic mass is 15.3. The van der Waals surface area contributed by atoms with E-state index in [1.165, 1.54) is 65.5 Å². The molecular weight excluding hydrogens is 360 g/mol. The monoisotopic (exact) mass is 388 g/mol. The molecule has 0 unspecified atom stereocenters. The summed E-state index contributed by atoms with van der Waals surface area (Å²) >= 11 is 0. The Balaban J connectivity index is 1.81. The highest BCUT2D eigenvalue weighted by Gasteiger charge is 2.29. The molecule has 0 atom stereocenters. The Labute approximate surface area is 171 Å². The smallest absolute Gasteiger partial charge is 0.166 e. The zero-order chi connectivity index (χ0) is 19.8. The lowest BCUT2D eigenvalue weighted by atomic mass is 9.81. The molecule has 2 aromatic heterocycles. The summed E-state index contributed by atoms with van der Waals surface area (Å²) in [5, 5.41) is 5.16. The predicted molar refractivity (Wildman–Crippen MR) is 117 cm³/mol. The fraction of sp³-hybridized carbons (Fsp3) is 0.391. The van der Waals surface area contributed by atoms with Gasteiger partial charge in [-0.3, -0.25) is 4.98 Å². The first-order valence-electron chi connectivity index (χ1n) is 10.7. The van der Waals surface area contributed by atoms with E-state index >= 15 is 0 Å². The lowest BCUT2D eigenvalue weighted by Crippen LogP contribution is -2.32. The van der Waals surface area contributed by atoms with Crippen LogP contribution in [-0.2, 0) is 13.0 Å². The molecule has 1 aliphatic heterocycles. The minimum atomic E-state index is 0.498. The molecule has 0 saturated heterocycles. The first-order valence-corrected chi connectivity index (χ1v) is 10.7. The fourth-order valence-corrected chi connectivity index (χ4v) is 5.30. The summed E-state index contributed by atoms with van der Waals surface area (Å²) in [5.74, 6) is 12.3. The molecule has 29 heavy (non-hydrogen) atoms. The minimum absolute atomic E-state index is 0.498. The zero-order valence-electron chi connectivity index (χ0n) is 16.7. The second-order valence-electron chi connectivity index (χ2n) is 8.20. The van der Waals surface area contributed by atoms with Crippen molar-refractivity contribution >= 4 is 16.7 Å². The SMILES string of the molecule is N/N=C(\NN)c1ccc2c(C3CCCCC3)c3n(c2c1)CCCc1ncccc1-3. The van der Waals surface area contributed by atoms with Crippen molar-refractivity contribution in [2.24, 2.45) is 16.8 Å². The molecule has 5 N–H and O–H groups in total. The molecule has 1 aromatic carbocycles. The molecule has 1 aliphatic carbocycles. The van der Waals surface area contributed by atoms with E-state index in [-0.39, 0.29) is 0 Å². The van der Waals surface area contributed by atoms with Gasteiger partial charge in [0, 0.05) is 40.5 Å². The maximum Gasteiger partial charge on any atom is 0.166 e. The van der Waals surface area contributed by atoms with E-state index < -0.39 is 0 Å². The molecule has 6 heteroatoms. The second-order valence-corrected chi connectivity index (χ2v) is 8.20. The highest BCUT2D eigenvalue weighted by Crippen LogP contribution is 2.45. The summed E-state index contributed by atoms with van der Waals surface area (Å²) in [6, 6.07) is 10.8. The number of aromatic nitrogens is 2. The number of pyridine rings is 1. The van der Waals surface area contributed by atoms with Crippen LogP contribution in [-0.4, -0.2) is 15.4 Å². The van der Waals surface area contributed by atoms with Gasteiger partial charge in [-0.15, -0.1) is 0 Å². The second kappa shape index (κ2) is 7.52. The van der Waals surface area contributed by atoms with Gasteiger partial charge in [-0.1, -0.05) is 31.4 Å². The lowest BCUT2D eigenvalue weighted by molar-refractivity contribution is 0.445. The Morgan fingerprint density at radius 2 is 2.00 bits per heavy atom. The molecule has 0 bridgehead atoms. The third kappa shape index (κ3) is 2.99. The average Bonchev–Trinajstić information content (AvgIpc) is 2.96. The topological polar surface area (TPSA) is 94.2 Å². The van der Waals surface area contributed by atoms with E-state index in [1.807, 2.05) is 6.20 Å². The van der Waals surface area contributed by atoms with Crippen molar-refractivity contribution in [1.29, 1.82) is 0 Å². The van der Waals surface area contributed by atoms with Crippen molar-refractivity contribution in [2.75, 3.05) is 0 Å². The number of nitrogens with zero attached hydrogens (tertiary/aromatic N) is 3. The van der Waals surface area contributed by atoms with E-state index in [0.29, 0.717) is 11.8 Å². The minimum Gasteiger partial charge on any atom is -0.340 e. The Morgan fingerprint density at radius 3 is 2.79 bits per heavy atom. The van der Waals surface area contributed by atoms with Gasteiger partial charge in [0.15, 0.2) is 5.84 Å².